The first kappa shape index (κ1) is 22.3. The van der Waals surface area contributed by atoms with E-state index in [1.165, 1.54) is 31.1 Å². The molecule has 1 heterocycles. The summed E-state index contributed by atoms with van der Waals surface area (Å²) in [5, 5.41) is 10.1. The van der Waals surface area contributed by atoms with Crippen LogP contribution >= 0.6 is 0 Å². The number of carbonyl (C=O) groups excluding carboxylic acids is 1. The van der Waals surface area contributed by atoms with Crippen LogP contribution in [-0.4, -0.2) is 44.5 Å². The molecule has 3 aliphatic rings. The third-order valence-electron chi connectivity index (χ3n) is 8.16. The van der Waals surface area contributed by atoms with E-state index in [4.69, 9.17) is 9.47 Å². The molecular formula is C28H35NO4. The number of carbonyl (C=O) groups is 1. The lowest BCUT2D eigenvalue weighted by Crippen LogP contribution is -2.47. The van der Waals surface area contributed by atoms with Crippen molar-refractivity contribution >= 4 is 11.7 Å². The van der Waals surface area contributed by atoms with Crippen LogP contribution in [0.3, 0.4) is 0 Å². The first-order valence-electron chi connectivity index (χ1n) is 12.4. The third kappa shape index (κ3) is 4.23. The summed E-state index contributed by atoms with van der Waals surface area (Å²) in [7, 11) is 1.42. The predicted molar refractivity (Wildman–Crippen MR) is 129 cm³/mol. The Kier molecular flexibility index (Phi) is 6.33. The molecule has 2 aromatic rings. The summed E-state index contributed by atoms with van der Waals surface area (Å²) in [5.74, 6) is 1.28. The second-order valence-electron chi connectivity index (χ2n) is 10.1. The first-order chi connectivity index (χ1) is 16.1. The Morgan fingerprint density at radius 3 is 2.79 bits per heavy atom. The van der Waals surface area contributed by atoms with Crippen molar-refractivity contribution in [1.82, 2.24) is 0 Å². The van der Waals surface area contributed by atoms with Crippen LogP contribution in [0.1, 0.15) is 60.0 Å². The Morgan fingerprint density at radius 1 is 1.15 bits per heavy atom. The van der Waals surface area contributed by atoms with Crippen molar-refractivity contribution in [2.45, 2.75) is 50.4 Å². The third-order valence-corrected chi connectivity index (χ3v) is 8.16. The van der Waals surface area contributed by atoms with E-state index in [1.54, 1.807) is 6.07 Å². The van der Waals surface area contributed by atoms with Gasteiger partial charge in [0.15, 0.2) is 0 Å². The van der Waals surface area contributed by atoms with Crippen LogP contribution in [0.2, 0.25) is 0 Å². The highest BCUT2D eigenvalue weighted by Crippen LogP contribution is 2.45. The van der Waals surface area contributed by atoms with E-state index in [-0.39, 0.29) is 18.0 Å². The van der Waals surface area contributed by atoms with Crippen LogP contribution in [0, 0.1) is 11.8 Å². The number of ether oxygens (including phenoxy) is 2. The van der Waals surface area contributed by atoms with Gasteiger partial charge in [-0.3, -0.25) is 0 Å². The Balaban J connectivity index is 1.56. The van der Waals surface area contributed by atoms with E-state index < -0.39 is 0 Å². The van der Waals surface area contributed by atoms with Gasteiger partial charge in [-0.05, 0) is 73.3 Å². The fourth-order valence-electron chi connectivity index (χ4n) is 6.38. The lowest BCUT2D eigenvalue weighted by molar-refractivity contribution is 0.0600. The maximum absolute atomic E-state index is 12.3. The quantitative estimate of drug-likeness (QED) is 0.683. The molecule has 1 fully saturated rings. The van der Waals surface area contributed by atoms with Gasteiger partial charge >= 0.3 is 5.97 Å². The van der Waals surface area contributed by atoms with Gasteiger partial charge in [-0.1, -0.05) is 37.1 Å². The molecule has 0 unspecified atom stereocenters. The van der Waals surface area contributed by atoms with E-state index in [2.05, 4.69) is 29.2 Å². The van der Waals surface area contributed by atoms with Gasteiger partial charge in [-0.15, -0.1) is 0 Å². The first-order valence-corrected chi connectivity index (χ1v) is 12.4. The molecule has 0 saturated heterocycles. The minimum absolute atomic E-state index is 0.0807. The van der Waals surface area contributed by atoms with Gasteiger partial charge in [0.25, 0.3) is 0 Å². The van der Waals surface area contributed by atoms with Crippen molar-refractivity contribution in [3.63, 3.8) is 0 Å². The average molecular weight is 450 g/mol. The zero-order valence-electron chi connectivity index (χ0n) is 19.6. The number of methoxy groups -OCH3 is 1. The molecule has 0 radical (unpaired) electrons. The molecule has 2 aliphatic carbocycles. The van der Waals surface area contributed by atoms with Crippen molar-refractivity contribution in [2.24, 2.45) is 11.8 Å². The Labute approximate surface area is 196 Å². The summed E-state index contributed by atoms with van der Waals surface area (Å²) in [6, 6.07) is 14.5. The molecule has 2 aromatic carbocycles. The summed E-state index contributed by atoms with van der Waals surface area (Å²) in [4.78, 5) is 14.8. The number of anilines is 1. The van der Waals surface area contributed by atoms with Gasteiger partial charge in [0.1, 0.15) is 5.75 Å². The topological polar surface area (TPSA) is 59.0 Å². The largest absolute Gasteiger partial charge is 0.490 e. The van der Waals surface area contributed by atoms with Gasteiger partial charge in [-0.25, -0.2) is 4.79 Å². The zero-order chi connectivity index (χ0) is 22.8. The maximum atomic E-state index is 12.3. The van der Waals surface area contributed by atoms with Crippen molar-refractivity contribution in [1.29, 1.82) is 0 Å². The normalized spacial score (nSPS) is 26.7. The van der Waals surface area contributed by atoms with Gasteiger partial charge in [0.2, 0.25) is 0 Å². The number of hydrogen-bond acceptors (Lipinski definition) is 5. The fraction of sp³-hybridized carbons (Fsp3) is 0.536. The molecule has 33 heavy (non-hydrogen) atoms. The van der Waals surface area contributed by atoms with Crippen molar-refractivity contribution in [2.75, 3.05) is 38.3 Å². The molecule has 1 saturated carbocycles. The number of fused-ring (bicyclic) bond motifs is 3. The number of hydrogen-bond donors (Lipinski definition) is 1. The number of nitrogens with zero attached hydrogens (tertiary/aromatic N) is 1. The number of benzene rings is 2. The van der Waals surface area contributed by atoms with Crippen molar-refractivity contribution in [3.8, 4) is 5.75 Å². The highest BCUT2D eigenvalue weighted by Gasteiger charge is 2.42. The smallest absolute Gasteiger partial charge is 0.337 e. The molecule has 5 heteroatoms. The second kappa shape index (κ2) is 9.38. The van der Waals surface area contributed by atoms with Gasteiger partial charge < -0.3 is 19.5 Å². The summed E-state index contributed by atoms with van der Waals surface area (Å²) >= 11 is 0. The SMILES string of the molecule is COC(=O)c1ccc2c(c1)N(C[C@H]1CCCC[C@H]1CO)C[C@@]1(CCCc3ccccc31)CO2. The summed E-state index contributed by atoms with van der Waals surface area (Å²) in [5.41, 5.74) is 4.28. The van der Waals surface area contributed by atoms with E-state index in [9.17, 15) is 9.90 Å². The van der Waals surface area contributed by atoms with E-state index in [1.807, 2.05) is 12.1 Å². The van der Waals surface area contributed by atoms with Crippen LogP contribution in [0.5, 0.6) is 5.75 Å². The minimum Gasteiger partial charge on any atom is -0.490 e. The maximum Gasteiger partial charge on any atom is 0.337 e. The van der Waals surface area contributed by atoms with Crippen LogP contribution in [0.4, 0.5) is 5.69 Å². The molecule has 5 rings (SSSR count). The number of aliphatic hydroxyl groups is 1. The molecule has 0 amide bonds. The van der Waals surface area contributed by atoms with Crippen molar-refractivity contribution in [3.05, 3.63) is 59.2 Å². The van der Waals surface area contributed by atoms with Crippen LogP contribution in [0.15, 0.2) is 42.5 Å². The standard InChI is InChI=1S/C28H35NO4/c1-32-27(31)21-12-13-26-25(15-21)29(16-22-8-2-3-9-23(22)17-30)18-28(19-33-26)14-6-10-20-7-4-5-11-24(20)28/h4-5,7,11-13,15,22-23,30H,2-3,6,8-10,14,16-19H2,1H3/t22-,23+,28+/m1/s1. The van der Waals surface area contributed by atoms with E-state index in [0.29, 0.717) is 24.0 Å². The Bertz CT molecular complexity index is 1010. The molecule has 1 aliphatic heterocycles. The number of aryl methyl sites for hydroxylation is 1. The number of rotatable bonds is 4. The molecule has 0 aromatic heterocycles. The molecule has 176 valence electrons. The molecule has 0 bridgehead atoms. The fourth-order valence-corrected chi connectivity index (χ4v) is 6.38. The van der Waals surface area contributed by atoms with Gasteiger partial charge in [0.05, 0.1) is 25.0 Å². The van der Waals surface area contributed by atoms with Gasteiger partial charge in [-0.2, -0.15) is 0 Å². The van der Waals surface area contributed by atoms with Crippen LogP contribution < -0.4 is 9.64 Å². The molecule has 1 N–H and O–H groups in total. The van der Waals surface area contributed by atoms with E-state index in [0.717, 1.165) is 56.6 Å². The Hall–Kier alpha value is -2.53. The zero-order valence-corrected chi connectivity index (χ0v) is 19.6. The van der Waals surface area contributed by atoms with Crippen molar-refractivity contribution < 1.29 is 19.4 Å². The molecule has 3 atom stereocenters. The summed E-state index contributed by atoms with van der Waals surface area (Å²) < 4.78 is 11.5. The predicted octanol–water partition coefficient (Wildman–Crippen LogP) is 4.75. The van der Waals surface area contributed by atoms with E-state index >= 15 is 0 Å². The monoisotopic (exact) mass is 449 g/mol. The van der Waals surface area contributed by atoms with Crippen LogP contribution in [-0.2, 0) is 16.6 Å². The van der Waals surface area contributed by atoms with Gasteiger partial charge in [0, 0.05) is 25.1 Å². The Morgan fingerprint density at radius 2 is 1.97 bits per heavy atom. The summed E-state index contributed by atoms with van der Waals surface area (Å²) in [6.07, 6.45) is 8.01. The highest BCUT2D eigenvalue weighted by atomic mass is 16.5. The molecule has 5 nitrogen and oxygen atoms in total. The number of esters is 1. The molecular weight excluding hydrogens is 414 g/mol. The lowest BCUT2D eigenvalue weighted by atomic mass is 9.70. The average Bonchev–Trinajstić information content (AvgIpc) is 3.01. The van der Waals surface area contributed by atoms with Crippen LogP contribution in [0.25, 0.3) is 0 Å². The number of aliphatic hydroxyl groups excluding tert-OH is 1. The highest BCUT2D eigenvalue weighted by molar-refractivity contribution is 5.91. The summed E-state index contributed by atoms with van der Waals surface area (Å²) in [6.45, 7) is 2.61. The molecule has 1 spiro atoms. The second-order valence-corrected chi connectivity index (χ2v) is 10.1. The lowest BCUT2D eigenvalue weighted by Gasteiger charge is -2.42. The minimum atomic E-state index is -0.328.